The molecule has 1 aliphatic heterocycles. The number of amides is 2. The molecule has 0 fully saturated rings. The van der Waals surface area contributed by atoms with Crippen LogP contribution in [0, 0.1) is 11.7 Å². The molecule has 0 radical (unpaired) electrons. The number of rotatable bonds is 4. The van der Waals surface area contributed by atoms with Crippen molar-refractivity contribution in [2.75, 3.05) is 10.6 Å². The quantitative estimate of drug-likeness (QED) is 0.746. The van der Waals surface area contributed by atoms with Crippen molar-refractivity contribution in [1.82, 2.24) is 9.78 Å². The van der Waals surface area contributed by atoms with Gasteiger partial charge in [0, 0.05) is 17.7 Å². The topological polar surface area (TPSA) is 76.0 Å². The molecule has 136 valence electrons. The van der Waals surface area contributed by atoms with E-state index >= 15 is 0 Å². The van der Waals surface area contributed by atoms with Crippen LogP contribution in [0.3, 0.4) is 0 Å². The summed E-state index contributed by atoms with van der Waals surface area (Å²) < 4.78 is 14.6. The van der Waals surface area contributed by atoms with Gasteiger partial charge in [0.2, 0.25) is 11.8 Å². The summed E-state index contributed by atoms with van der Waals surface area (Å²) >= 11 is 0. The lowest BCUT2D eigenvalue weighted by molar-refractivity contribution is -0.125. The van der Waals surface area contributed by atoms with E-state index in [9.17, 15) is 14.0 Å². The zero-order valence-corrected chi connectivity index (χ0v) is 14.4. The van der Waals surface area contributed by atoms with E-state index in [1.165, 1.54) is 24.3 Å². The highest BCUT2D eigenvalue weighted by Gasteiger charge is 2.30. The summed E-state index contributed by atoms with van der Waals surface area (Å²) in [6.07, 6.45) is 1.73. The number of halogens is 1. The van der Waals surface area contributed by atoms with Crippen molar-refractivity contribution in [3.05, 3.63) is 66.6 Å². The molecular weight excluding hydrogens is 347 g/mol. The predicted octanol–water partition coefficient (Wildman–Crippen LogP) is 3.29. The molecule has 27 heavy (non-hydrogen) atoms. The maximum absolute atomic E-state index is 12.9. The zero-order chi connectivity index (χ0) is 18.8. The molecule has 7 heteroatoms. The van der Waals surface area contributed by atoms with Crippen molar-refractivity contribution in [3.63, 3.8) is 0 Å². The Morgan fingerprint density at radius 3 is 2.67 bits per heavy atom. The first-order valence-corrected chi connectivity index (χ1v) is 8.57. The standard InChI is InChI=1S/C20H17FN4O2/c21-15-6-8-16(9-7-15)23-18(26)10-14-12-25-19(24-20(14)27)17(11-22-25)13-4-2-1-3-5-13/h1-9,11,14H,10,12H2,(H,23,26)(H,24,27)/t14-/m1/s1. The smallest absolute Gasteiger partial charge is 0.231 e. The summed E-state index contributed by atoms with van der Waals surface area (Å²) in [5, 5.41) is 9.89. The van der Waals surface area contributed by atoms with Gasteiger partial charge >= 0.3 is 0 Å². The summed E-state index contributed by atoms with van der Waals surface area (Å²) in [7, 11) is 0. The van der Waals surface area contributed by atoms with Crippen LogP contribution in [0.25, 0.3) is 11.1 Å². The van der Waals surface area contributed by atoms with Gasteiger partial charge < -0.3 is 10.6 Å². The first kappa shape index (κ1) is 17.0. The van der Waals surface area contributed by atoms with Crippen molar-refractivity contribution in [3.8, 4) is 11.1 Å². The van der Waals surface area contributed by atoms with Gasteiger partial charge in [-0.15, -0.1) is 0 Å². The van der Waals surface area contributed by atoms with Gasteiger partial charge in [-0.2, -0.15) is 5.10 Å². The number of aromatic nitrogens is 2. The molecule has 0 bridgehead atoms. The average Bonchev–Trinajstić information content (AvgIpc) is 3.07. The van der Waals surface area contributed by atoms with Gasteiger partial charge in [-0.3, -0.25) is 9.59 Å². The second-order valence-corrected chi connectivity index (χ2v) is 6.40. The molecule has 0 saturated heterocycles. The Morgan fingerprint density at radius 2 is 1.93 bits per heavy atom. The summed E-state index contributed by atoms with van der Waals surface area (Å²) in [5.74, 6) is -0.780. The van der Waals surface area contributed by atoms with Crippen molar-refractivity contribution >= 4 is 23.3 Å². The fraction of sp³-hybridized carbons (Fsp3) is 0.150. The summed E-state index contributed by atoms with van der Waals surface area (Å²) in [5.41, 5.74) is 2.30. The molecule has 3 aromatic rings. The third-order valence-corrected chi connectivity index (χ3v) is 4.49. The highest BCUT2D eigenvalue weighted by atomic mass is 19.1. The molecule has 2 amide bonds. The number of fused-ring (bicyclic) bond motifs is 1. The van der Waals surface area contributed by atoms with Crippen molar-refractivity contribution in [2.45, 2.75) is 13.0 Å². The molecule has 2 aromatic carbocycles. The maximum Gasteiger partial charge on any atom is 0.231 e. The largest absolute Gasteiger partial charge is 0.326 e. The van der Waals surface area contributed by atoms with Crippen molar-refractivity contribution in [1.29, 1.82) is 0 Å². The molecule has 0 spiro atoms. The lowest BCUT2D eigenvalue weighted by Gasteiger charge is -2.24. The summed E-state index contributed by atoms with van der Waals surface area (Å²) in [6, 6.07) is 15.2. The fourth-order valence-electron chi connectivity index (χ4n) is 3.12. The average molecular weight is 364 g/mol. The maximum atomic E-state index is 12.9. The van der Waals surface area contributed by atoms with E-state index in [-0.39, 0.29) is 24.1 Å². The number of anilines is 2. The van der Waals surface area contributed by atoms with Crippen LogP contribution in [-0.4, -0.2) is 21.6 Å². The van der Waals surface area contributed by atoms with Gasteiger partial charge in [-0.1, -0.05) is 30.3 Å². The highest BCUT2D eigenvalue weighted by molar-refractivity contribution is 6.00. The van der Waals surface area contributed by atoms with Crippen LogP contribution < -0.4 is 10.6 Å². The number of nitrogens with zero attached hydrogens (tertiary/aromatic N) is 2. The minimum Gasteiger partial charge on any atom is -0.326 e. The van der Waals surface area contributed by atoms with Crippen molar-refractivity contribution in [2.24, 2.45) is 5.92 Å². The SMILES string of the molecule is O=C(C[C@@H]1Cn2ncc(-c3ccccc3)c2NC1=O)Nc1ccc(F)cc1. The van der Waals surface area contributed by atoms with E-state index in [2.05, 4.69) is 15.7 Å². The monoisotopic (exact) mass is 364 g/mol. The Kier molecular flexibility index (Phi) is 4.42. The Bertz CT molecular complexity index is 983. The Balaban J connectivity index is 1.46. The minimum absolute atomic E-state index is 0.0170. The van der Waals surface area contributed by atoms with E-state index in [0.29, 0.717) is 18.1 Å². The molecule has 0 saturated carbocycles. The molecule has 4 rings (SSSR count). The summed E-state index contributed by atoms with van der Waals surface area (Å²) in [6.45, 7) is 0.324. The molecule has 0 aliphatic carbocycles. The normalized spacial score (nSPS) is 15.7. The molecule has 1 aromatic heterocycles. The molecule has 1 atom stereocenters. The Labute approximate surface area is 155 Å². The number of hydrogen-bond acceptors (Lipinski definition) is 3. The number of nitrogens with one attached hydrogen (secondary N) is 2. The van der Waals surface area contributed by atoms with E-state index in [1.54, 1.807) is 10.9 Å². The van der Waals surface area contributed by atoms with Gasteiger partial charge in [0.15, 0.2) is 0 Å². The summed E-state index contributed by atoms with van der Waals surface area (Å²) in [4.78, 5) is 24.7. The van der Waals surface area contributed by atoms with Crippen LogP contribution in [0.15, 0.2) is 60.8 Å². The predicted molar refractivity (Wildman–Crippen MR) is 99.4 cm³/mol. The third kappa shape index (κ3) is 3.57. The first-order valence-electron chi connectivity index (χ1n) is 8.57. The Hall–Kier alpha value is -3.48. The molecule has 2 N–H and O–H groups in total. The van der Waals surface area contributed by atoms with Gasteiger partial charge in [-0.05, 0) is 29.8 Å². The first-order chi connectivity index (χ1) is 13.1. The van der Waals surface area contributed by atoms with Crippen LogP contribution in [0.1, 0.15) is 6.42 Å². The van der Waals surface area contributed by atoms with Crippen LogP contribution >= 0.6 is 0 Å². The van der Waals surface area contributed by atoms with E-state index in [1.807, 2.05) is 30.3 Å². The number of hydrogen-bond donors (Lipinski definition) is 2. The molecule has 2 heterocycles. The molecule has 6 nitrogen and oxygen atoms in total. The molecule has 1 aliphatic rings. The van der Waals surface area contributed by atoms with Crippen LogP contribution in [0.5, 0.6) is 0 Å². The van der Waals surface area contributed by atoms with Gasteiger partial charge in [0.05, 0.1) is 18.7 Å². The Morgan fingerprint density at radius 1 is 1.19 bits per heavy atom. The van der Waals surface area contributed by atoms with E-state index in [0.717, 1.165) is 11.1 Å². The number of carbonyl (C=O) groups is 2. The van der Waals surface area contributed by atoms with Crippen molar-refractivity contribution < 1.29 is 14.0 Å². The molecule has 0 unspecified atom stereocenters. The second kappa shape index (κ2) is 7.03. The van der Waals surface area contributed by atoms with E-state index in [4.69, 9.17) is 0 Å². The van der Waals surface area contributed by atoms with Crippen LogP contribution in [0.4, 0.5) is 15.9 Å². The van der Waals surface area contributed by atoms with Crippen LogP contribution in [0.2, 0.25) is 0 Å². The zero-order valence-electron chi connectivity index (χ0n) is 14.4. The minimum atomic E-state index is -0.526. The van der Waals surface area contributed by atoms with Gasteiger partial charge in [-0.25, -0.2) is 9.07 Å². The number of benzene rings is 2. The fourth-order valence-corrected chi connectivity index (χ4v) is 3.12. The third-order valence-electron chi connectivity index (χ3n) is 4.49. The van der Waals surface area contributed by atoms with E-state index < -0.39 is 5.92 Å². The lowest BCUT2D eigenvalue weighted by Crippen LogP contribution is -2.36. The van der Waals surface area contributed by atoms with Crippen LogP contribution in [-0.2, 0) is 16.1 Å². The van der Waals surface area contributed by atoms with Gasteiger partial charge in [0.25, 0.3) is 0 Å². The molecular formula is C20H17FN4O2. The number of carbonyl (C=O) groups excluding carboxylic acids is 2. The second-order valence-electron chi connectivity index (χ2n) is 6.40. The lowest BCUT2D eigenvalue weighted by atomic mass is 10.0. The highest BCUT2D eigenvalue weighted by Crippen LogP contribution is 2.31. The van der Waals surface area contributed by atoms with Gasteiger partial charge in [0.1, 0.15) is 11.6 Å².